The number of aromatic nitrogens is 3. The van der Waals surface area contributed by atoms with E-state index in [1.165, 1.54) is 12.4 Å². The lowest BCUT2D eigenvalue weighted by molar-refractivity contribution is 0.429. The van der Waals surface area contributed by atoms with Crippen LogP contribution >= 0.6 is 15.9 Å². The second-order valence-corrected chi connectivity index (χ2v) is 6.50. The van der Waals surface area contributed by atoms with Crippen LogP contribution in [-0.4, -0.2) is 14.8 Å². The van der Waals surface area contributed by atoms with Gasteiger partial charge in [0.25, 0.3) is 0 Å². The molecule has 4 nitrogen and oxygen atoms in total. The van der Waals surface area contributed by atoms with Gasteiger partial charge in [-0.2, -0.15) is 10.1 Å². The minimum atomic E-state index is -0.235. The summed E-state index contributed by atoms with van der Waals surface area (Å²) in [6.07, 6.45) is 2.30. The molecule has 1 aliphatic heterocycles. The highest BCUT2D eigenvalue weighted by Gasteiger charge is 2.30. The molecule has 2 heterocycles. The quantitative estimate of drug-likeness (QED) is 0.727. The predicted octanol–water partition coefficient (Wildman–Crippen LogP) is 4.33. The van der Waals surface area contributed by atoms with Crippen LogP contribution in [0, 0.1) is 5.82 Å². The van der Waals surface area contributed by atoms with Gasteiger partial charge < -0.3 is 5.32 Å². The van der Waals surface area contributed by atoms with E-state index in [0.29, 0.717) is 5.95 Å². The number of anilines is 1. The summed E-state index contributed by atoms with van der Waals surface area (Å²) in [5.74, 6) is 0.470. The molecular formula is C17H14BrFN4. The fraction of sp³-hybridized carbons (Fsp3) is 0.176. The Bertz CT molecular complexity index is 848. The second-order valence-electron chi connectivity index (χ2n) is 5.59. The van der Waals surface area contributed by atoms with Gasteiger partial charge in [-0.25, -0.2) is 9.07 Å². The van der Waals surface area contributed by atoms with Crippen LogP contribution in [0.2, 0.25) is 0 Å². The van der Waals surface area contributed by atoms with Crippen molar-refractivity contribution in [2.24, 2.45) is 0 Å². The fourth-order valence-electron chi connectivity index (χ4n) is 3.05. The van der Waals surface area contributed by atoms with E-state index in [-0.39, 0.29) is 17.9 Å². The first-order valence-electron chi connectivity index (χ1n) is 7.38. The molecule has 2 atom stereocenters. The van der Waals surface area contributed by atoms with Crippen molar-refractivity contribution in [3.8, 4) is 0 Å². The Hall–Kier alpha value is -2.21. The average Bonchev–Trinajstić information content (AvgIpc) is 3.02. The van der Waals surface area contributed by atoms with Crippen molar-refractivity contribution in [3.05, 3.63) is 76.3 Å². The Morgan fingerprint density at radius 2 is 1.96 bits per heavy atom. The van der Waals surface area contributed by atoms with Crippen LogP contribution in [0.3, 0.4) is 0 Å². The third-order valence-corrected chi connectivity index (χ3v) is 4.61. The Labute approximate surface area is 141 Å². The van der Waals surface area contributed by atoms with Gasteiger partial charge in [0, 0.05) is 4.47 Å². The van der Waals surface area contributed by atoms with Crippen LogP contribution in [0.15, 0.2) is 59.3 Å². The minimum Gasteiger partial charge on any atom is -0.348 e. The Balaban J connectivity index is 1.75. The second kappa shape index (κ2) is 5.77. The molecule has 1 N–H and O–H groups in total. The Morgan fingerprint density at radius 1 is 1.13 bits per heavy atom. The first kappa shape index (κ1) is 14.4. The molecule has 4 rings (SSSR count). The van der Waals surface area contributed by atoms with Crippen molar-refractivity contribution in [2.75, 3.05) is 5.32 Å². The molecule has 6 heteroatoms. The zero-order chi connectivity index (χ0) is 15.8. The number of nitrogens with one attached hydrogen (secondary N) is 1. The lowest BCUT2D eigenvalue weighted by Gasteiger charge is -2.31. The molecule has 0 saturated carbocycles. The molecule has 0 unspecified atom stereocenters. The highest BCUT2D eigenvalue weighted by atomic mass is 79.9. The predicted molar refractivity (Wildman–Crippen MR) is 89.7 cm³/mol. The number of hydrogen-bond acceptors (Lipinski definition) is 3. The van der Waals surface area contributed by atoms with Crippen molar-refractivity contribution >= 4 is 21.9 Å². The largest absolute Gasteiger partial charge is 0.348 e. The summed E-state index contributed by atoms with van der Waals surface area (Å²) in [5, 5.41) is 7.71. The van der Waals surface area contributed by atoms with Gasteiger partial charge in [0.1, 0.15) is 12.1 Å². The molecule has 0 aliphatic carbocycles. The molecule has 0 fully saturated rings. The highest BCUT2D eigenvalue weighted by Crippen LogP contribution is 2.37. The number of benzene rings is 2. The third-order valence-electron chi connectivity index (χ3n) is 4.12. The first-order valence-corrected chi connectivity index (χ1v) is 8.17. The first-order chi connectivity index (χ1) is 11.2. The number of fused-ring (bicyclic) bond motifs is 1. The van der Waals surface area contributed by atoms with E-state index in [0.717, 1.165) is 22.0 Å². The van der Waals surface area contributed by atoms with Gasteiger partial charge in [-0.05, 0) is 41.8 Å². The number of hydrogen-bond donors (Lipinski definition) is 1. The van der Waals surface area contributed by atoms with E-state index in [1.54, 1.807) is 12.1 Å². The molecule has 1 aliphatic rings. The fourth-order valence-corrected chi connectivity index (χ4v) is 3.47. The molecular weight excluding hydrogens is 359 g/mol. The van der Waals surface area contributed by atoms with Gasteiger partial charge in [-0.15, -0.1) is 0 Å². The molecule has 1 aromatic heterocycles. The van der Waals surface area contributed by atoms with Crippen LogP contribution in [0.25, 0.3) is 0 Å². The van der Waals surface area contributed by atoms with E-state index in [4.69, 9.17) is 0 Å². The maximum atomic E-state index is 13.6. The van der Waals surface area contributed by atoms with Crippen molar-refractivity contribution in [1.29, 1.82) is 0 Å². The van der Waals surface area contributed by atoms with Gasteiger partial charge in [0.15, 0.2) is 0 Å². The summed E-state index contributed by atoms with van der Waals surface area (Å²) in [6.45, 7) is 0. The molecule has 0 saturated heterocycles. The van der Waals surface area contributed by atoms with Crippen molar-refractivity contribution < 1.29 is 4.39 Å². The SMILES string of the molecule is Fc1cccc([C@@H]2C[C@@H](c3cccc(Br)c3)Nc3ncnn32)c1. The van der Waals surface area contributed by atoms with Gasteiger partial charge in [0.05, 0.1) is 12.1 Å². The van der Waals surface area contributed by atoms with Gasteiger partial charge >= 0.3 is 0 Å². The zero-order valence-electron chi connectivity index (χ0n) is 12.2. The van der Waals surface area contributed by atoms with E-state index in [1.807, 2.05) is 22.9 Å². The van der Waals surface area contributed by atoms with E-state index < -0.39 is 0 Å². The lowest BCUT2D eigenvalue weighted by atomic mass is 9.93. The maximum Gasteiger partial charge on any atom is 0.222 e. The van der Waals surface area contributed by atoms with Crippen LogP contribution in [-0.2, 0) is 0 Å². The van der Waals surface area contributed by atoms with Crippen molar-refractivity contribution in [2.45, 2.75) is 18.5 Å². The molecule has 116 valence electrons. The van der Waals surface area contributed by atoms with Crippen LogP contribution in [0.1, 0.15) is 29.6 Å². The van der Waals surface area contributed by atoms with Gasteiger partial charge in [0.2, 0.25) is 5.95 Å². The number of rotatable bonds is 2. The highest BCUT2D eigenvalue weighted by molar-refractivity contribution is 9.10. The standard InChI is InChI=1S/C17H14BrFN4/c18-13-5-1-3-11(7-13)15-9-16(12-4-2-6-14(19)8-12)23-17(22-15)20-10-21-23/h1-8,10,15-16H,9H2,(H,20,21,22)/t15-,16-/m0/s1. The summed E-state index contributed by atoms with van der Waals surface area (Å²) in [5.41, 5.74) is 2.06. The van der Waals surface area contributed by atoms with Gasteiger partial charge in [-0.1, -0.05) is 40.2 Å². The molecule has 0 amide bonds. The maximum absolute atomic E-state index is 13.6. The molecule has 0 spiro atoms. The van der Waals surface area contributed by atoms with Crippen molar-refractivity contribution in [3.63, 3.8) is 0 Å². The number of halogens is 2. The molecule has 0 radical (unpaired) electrons. The van der Waals surface area contributed by atoms with Gasteiger partial charge in [-0.3, -0.25) is 0 Å². The molecule has 0 bridgehead atoms. The van der Waals surface area contributed by atoms with E-state index >= 15 is 0 Å². The third kappa shape index (κ3) is 2.74. The monoisotopic (exact) mass is 372 g/mol. The zero-order valence-corrected chi connectivity index (χ0v) is 13.7. The van der Waals surface area contributed by atoms with E-state index in [9.17, 15) is 4.39 Å². The minimum absolute atomic E-state index is 0.0477. The Kier molecular flexibility index (Phi) is 3.61. The van der Waals surface area contributed by atoms with Crippen molar-refractivity contribution in [1.82, 2.24) is 14.8 Å². The smallest absolute Gasteiger partial charge is 0.222 e. The van der Waals surface area contributed by atoms with Crippen LogP contribution in [0.5, 0.6) is 0 Å². The normalized spacial score (nSPS) is 19.9. The Morgan fingerprint density at radius 3 is 2.78 bits per heavy atom. The number of nitrogens with zero attached hydrogens (tertiary/aromatic N) is 3. The molecule has 23 heavy (non-hydrogen) atoms. The van der Waals surface area contributed by atoms with Crippen LogP contribution < -0.4 is 5.32 Å². The average molecular weight is 373 g/mol. The lowest BCUT2D eigenvalue weighted by Crippen LogP contribution is -2.28. The topological polar surface area (TPSA) is 42.7 Å². The summed E-state index contributed by atoms with van der Waals surface area (Å²) >= 11 is 3.51. The summed E-state index contributed by atoms with van der Waals surface area (Å²) < 4.78 is 16.5. The molecule has 2 aromatic carbocycles. The summed E-state index contributed by atoms with van der Waals surface area (Å²) in [7, 11) is 0. The van der Waals surface area contributed by atoms with E-state index in [2.05, 4.69) is 43.5 Å². The summed E-state index contributed by atoms with van der Waals surface area (Å²) in [6, 6.07) is 14.9. The summed E-state index contributed by atoms with van der Waals surface area (Å²) in [4.78, 5) is 4.29. The van der Waals surface area contributed by atoms with Crippen LogP contribution in [0.4, 0.5) is 10.3 Å². The molecule has 3 aromatic rings.